The summed E-state index contributed by atoms with van der Waals surface area (Å²) in [6.45, 7) is 1.45. The van der Waals surface area contributed by atoms with E-state index in [4.69, 9.17) is 9.47 Å². The summed E-state index contributed by atoms with van der Waals surface area (Å²) in [4.78, 5) is 25.5. The fourth-order valence-electron chi connectivity index (χ4n) is 2.46. The Morgan fingerprint density at radius 2 is 1.88 bits per heavy atom. The van der Waals surface area contributed by atoms with Crippen LogP contribution in [0.5, 0.6) is 11.5 Å². The minimum absolute atomic E-state index is 0.00630. The van der Waals surface area contributed by atoms with Gasteiger partial charge in [0.25, 0.3) is 0 Å². The van der Waals surface area contributed by atoms with E-state index in [2.05, 4.69) is 0 Å². The fraction of sp³-hybridized carbons (Fsp3) is 0.200. The lowest BCUT2D eigenvalue weighted by atomic mass is 10.1. The van der Waals surface area contributed by atoms with Crippen LogP contribution < -0.4 is 14.4 Å². The Labute approximate surface area is 146 Å². The summed E-state index contributed by atoms with van der Waals surface area (Å²) in [7, 11) is 3.94. The predicted molar refractivity (Wildman–Crippen MR) is 96.3 cm³/mol. The number of ketones is 2. The molecule has 1 aliphatic rings. The first kappa shape index (κ1) is 16.8. The van der Waals surface area contributed by atoms with Crippen molar-refractivity contribution in [3.8, 4) is 11.5 Å². The molecule has 1 heterocycles. The van der Waals surface area contributed by atoms with Crippen molar-refractivity contribution in [3.63, 3.8) is 0 Å². The molecular weight excluding hydrogens is 318 g/mol. The van der Waals surface area contributed by atoms with E-state index in [0.29, 0.717) is 17.1 Å². The van der Waals surface area contributed by atoms with Crippen LogP contribution in [-0.4, -0.2) is 32.3 Å². The normalized spacial score (nSPS) is 14.2. The first-order valence-corrected chi connectivity index (χ1v) is 7.92. The maximum atomic E-state index is 12.5. The van der Waals surface area contributed by atoms with Gasteiger partial charge in [-0.25, -0.2) is 0 Å². The lowest BCUT2D eigenvalue weighted by Gasteiger charge is -2.11. The molecule has 0 saturated carbocycles. The lowest BCUT2D eigenvalue weighted by Crippen LogP contribution is -2.08. The molecule has 0 spiro atoms. The summed E-state index contributed by atoms with van der Waals surface area (Å²) < 4.78 is 11.0. The van der Waals surface area contributed by atoms with Gasteiger partial charge in [-0.05, 0) is 42.8 Å². The Morgan fingerprint density at radius 3 is 2.52 bits per heavy atom. The van der Waals surface area contributed by atoms with Crippen LogP contribution in [0.1, 0.15) is 22.8 Å². The molecule has 0 bridgehead atoms. The van der Waals surface area contributed by atoms with Crippen LogP contribution >= 0.6 is 0 Å². The van der Waals surface area contributed by atoms with E-state index in [1.54, 1.807) is 24.3 Å². The number of allylic oxidation sites excluding steroid dienone is 1. The Hall–Kier alpha value is -3.08. The van der Waals surface area contributed by atoms with Gasteiger partial charge in [-0.2, -0.15) is 0 Å². The van der Waals surface area contributed by atoms with Crippen LogP contribution in [0.15, 0.2) is 48.2 Å². The summed E-state index contributed by atoms with van der Waals surface area (Å²) in [5, 5.41) is 0. The average Bonchev–Trinajstić information content (AvgIpc) is 2.89. The van der Waals surface area contributed by atoms with Crippen LogP contribution in [0.3, 0.4) is 0 Å². The molecule has 5 nitrogen and oxygen atoms in total. The van der Waals surface area contributed by atoms with Crippen molar-refractivity contribution in [2.75, 3.05) is 25.6 Å². The van der Waals surface area contributed by atoms with E-state index in [1.807, 2.05) is 43.3 Å². The zero-order chi connectivity index (χ0) is 18.0. The third kappa shape index (κ3) is 3.71. The molecule has 0 unspecified atom stereocenters. The molecule has 2 aromatic rings. The molecule has 0 aliphatic carbocycles. The minimum atomic E-state index is -0.162. The SMILES string of the molecule is CC(=O)COc1ccc2c(c1)O/C(=C\c1ccc(N(C)C)cc1)C2=O. The molecule has 0 radical (unpaired) electrons. The van der Waals surface area contributed by atoms with Gasteiger partial charge in [0.1, 0.15) is 18.1 Å². The number of carbonyl (C=O) groups is 2. The maximum absolute atomic E-state index is 12.5. The number of benzene rings is 2. The topological polar surface area (TPSA) is 55.8 Å². The van der Waals surface area contributed by atoms with Gasteiger partial charge in [-0.3, -0.25) is 9.59 Å². The average molecular weight is 337 g/mol. The summed E-state index contributed by atoms with van der Waals surface area (Å²) >= 11 is 0. The minimum Gasteiger partial charge on any atom is -0.486 e. The van der Waals surface area contributed by atoms with Crippen LogP contribution in [0.25, 0.3) is 6.08 Å². The highest BCUT2D eigenvalue weighted by atomic mass is 16.5. The summed E-state index contributed by atoms with van der Waals surface area (Å²) in [5.41, 5.74) is 2.46. The number of fused-ring (bicyclic) bond motifs is 1. The van der Waals surface area contributed by atoms with Crippen LogP contribution in [0.4, 0.5) is 5.69 Å². The second-order valence-electron chi connectivity index (χ2n) is 6.07. The lowest BCUT2D eigenvalue weighted by molar-refractivity contribution is -0.118. The highest BCUT2D eigenvalue weighted by Crippen LogP contribution is 2.35. The van der Waals surface area contributed by atoms with Gasteiger partial charge in [0.05, 0.1) is 5.56 Å². The summed E-state index contributed by atoms with van der Waals surface area (Å²) in [5.74, 6) is 0.987. The van der Waals surface area contributed by atoms with Gasteiger partial charge in [0.15, 0.2) is 11.5 Å². The van der Waals surface area contributed by atoms with Crippen molar-refractivity contribution in [3.05, 3.63) is 59.4 Å². The number of hydrogen-bond acceptors (Lipinski definition) is 5. The van der Waals surface area contributed by atoms with E-state index in [0.717, 1.165) is 11.3 Å². The van der Waals surface area contributed by atoms with Crippen molar-refractivity contribution in [1.82, 2.24) is 0 Å². The van der Waals surface area contributed by atoms with Crippen molar-refractivity contribution >= 4 is 23.3 Å². The Bertz CT molecular complexity index is 850. The Balaban J connectivity index is 1.80. The van der Waals surface area contributed by atoms with Gasteiger partial charge >= 0.3 is 0 Å². The molecule has 0 saturated heterocycles. The number of rotatable bonds is 5. The molecule has 25 heavy (non-hydrogen) atoms. The van der Waals surface area contributed by atoms with Crippen LogP contribution in [0, 0.1) is 0 Å². The van der Waals surface area contributed by atoms with Gasteiger partial charge in [-0.1, -0.05) is 12.1 Å². The van der Waals surface area contributed by atoms with E-state index in [-0.39, 0.29) is 23.9 Å². The number of anilines is 1. The number of ether oxygens (including phenoxy) is 2. The number of nitrogens with zero attached hydrogens (tertiary/aromatic N) is 1. The molecule has 0 fully saturated rings. The largest absolute Gasteiger partial charge is 0.486 e. The smallest absolute Gasteiger partial charge is 0.231 e. The monoisotopic (exact) mass is 337 g/mol. The Morgan fingerprint density at radius 1 is 1.16 bits per heavy atom. The molecule has 128 valence electrons. The predicted octanol–water partition coefficient (Wildman–Crippen LogP) is 3.34. The first-order chi connectivity index (χ1) is 11.9. The fourth-order valence-corrected chi connectivity index (χ4v) is 2.46. The molecule has 2 aromatic carbocycles. The quantitative estimate of drug-likeness (QED) is 0.783. The zero-order valence-electron chi connectivity index (χ0n) is 14.4. The molecule has 0 N–H and O–H groups in total. The molecular formula is C20H19NO4. The molecule has 3 rings (SSSR count). The molecule has 1 aliphatic heterocycles. The maximum Gasteiger partial charge on any atom is 0.231 e. The third-order valence-electron chi connectivity index (χ3n) is 3.79. The zero-order valence-corrected chi connectivity index (χ0v) is 14.4. The highest BCUT2D eigenvalue weighted by Gasteiger charge is 2.27. The molecule has 0 amide bonds. The second-order valence-corrected chi connectivity index (χ2v) is 6.07. The van der Waals surface area contributed by atoms with E-state index < -0.39 is 0 Å². The highest BCUT2D eigenvalue weighted by molar-refractivity contribution is 6.14. The molecule has 0 aromatic heterocycles. The van der Waals surface area contributed by atoms with Crippen LogP contribution in [0.2, 0.25) is 0 Å². The van der Waals surface area contributed by atoms with Crippen molar-refractivity contribution in [2.24, 2.45) is 0 Å². The molecule has 0 atom stereocenters. The Kier molecular flexibility index (Phi) is 4.57. The number of carbonyl (C=O) groups excluding carboxylic acids is 2. The number of hydrogen-bond donors (Lipinski definition) is 0. The van der Waals surface area contributed by atoms with Crippen molar-refractivity contribution in [1.29, 1.82) is 0 Å². The second kappa shape index (κ2) is 6.81. The van der Waals surface area contributed by atoms with Crippen LogP contribution in [-0.2, 0) is 4.79 Å². The van der Waals surface area contributed by atoms with Crippen molar-refractivity contribution < 1.29 is 19.1 Å². The van der Waals surface area contributed by atoms with Gasteiger partial charge in [0.2, 0.25) is 5.78 Å². The summed E-state index contributed by atoms with van der Waals surface area (Å²) in [6, 6.07) is 12.8. The first-order valence-electron chi connectivity index (χ1n) is 7.92. The van der Waals surface area contributed by atoms with Gasteiger partial charge in [0, 0.05) is 25.8 Å². The van der Waals surface area contributed by atoms with E-state index >= 15 is 0 Å². The third-order valence-corrected chi connectivity index (χ3v) is 3.79. The van der Waals surface area contributed by atoms with Gasteiger partial charge < -0.3 is 14.4 Å². The van der Waals surface area contributed by atoms with Gasteiger partial charge in [-0.15, -0.1) is 0 Å². The summed E-state index contributed by atoms with van der Waals surface area (Å²) in [6.07, 6.45) is 1.72. The van der Waals surface area contributed by atoms with E-state index in [1.165, 1.54) is 6.92 Å². The molecule has 5 heteroatoms. The van der Waals surface area contributed by atoms with Crippen molar-refractivity contribution in [2.45, 2.75) is 6.92 Å². The number of Topliss-reactive ketones (excluding diaryl/α,β-unsaturated/α-hetero) is 2. The van der Waals surface area contributed by atoms with E-state index in [9.17, 15) is 9.59 Å². The standard InChI is InChI=1S/C20H19NO4/c1-13(22)12-24-16-8-9-17-18(11-16)25-19(20(17)23)10-14-4-6-15(7-5-14)21(2)3/h4-11H,12H2,1-3H3/b19-10-.